The number of fused-ring (bicyclic) bond motifs is 3. The zero-order valence-electron chi connectivity index (χ0n) is 16.5. The monoisotopic (exact) mass is 390 g/mol. The maximum atomic E-state index is 12.9. The maximum Gasteiger partial charge on any atom is 0.262 e. The van der Waals surface area contributed by atoms with Crippen LogP contribution in [0.15, 0.2) is 11.1 Å². The van der Waals surface area contributed by atoms with Gasteiger partial charge in [-0.2, -0.15) is 0 Å². The third-order valence-corrected chi connectivity index (χ3v) is 6.79. The largest absolute Gasteiger partial charge is 0.346 e. The normalized spacial score (nSPS) is 15.1. The van der Waals surface area contributed by atoms with Crippen LogP contribution in [0.25, 0.3) is 10.2 Å². The Hall–Kier alpha value is -1.73. The molecule has 1 aliphatic rings. The van der Waals surface area contributed by atoms with Crippen molar-refractivity contribution in [1.29, 1.82) is 0 Å². The molecule has 0 aliphatic heterocycles. The van der Waals surface area contributed by atoms with Gasteiger partial charge in [-0.25, -0.2) is 4.98 Å². The number of thiophene rings is 1. The second kappa shape index (κ2) is 8.52. The quantitative estimate of drug-likeness (QED) is 0.788. The summed E-state index contributed by atoms with van der Waals surface area (Å²) in [4.78, 5) is 33.7. The predicted octanol–water partition coefficient (Wildman–Crippen LogP) is 2.56. The lowest BCUT2D eigenvalue weighted by molar-refractivity contribution is -0.130. The van der Waals surface area contributed by atoms with E-state index >= 15 is 0 Å². The van der Waals surface area contributed by atoms with Crippen molar-refractivity contribution >= 4 is 27.5 Å². The highest BCUT2D eigenvalue weighted by atomic mass is 32.1. The topological polar surface area (TPSA) is 81.2 Å². The molecule has 1 atom stereocenters. The first kappa shape index (κ1) is 20.0. The Morgan fingerprint density at radius 1 is 1.37 bits per heavy atom. The Morgan fingerprint density at radius 3 is 2.85 bits per heavy atom. The van der Waals surface area contributed by atoms with Gasteiger partial charge in [0.05, 0.1) is 11.7 Å². The molecule has 2 aromatic heterocycles. The van der Waals surface area contributed by atoms with E-state index in [-0.39, 0.29) is 17.5 Å². The van der Waals surface area contributed by atoms with Crippen molar-refractivity contribution in [3.8, 4) is 0 Å². The van der Waals surface area contributed by atoms with Crippen molar-refractivity contribution < 1.29 is 4.79 Å². The van der Waals surface area contributed by atoms with Crippen LogP contribution < -0.4 is 11.3 Å². The molecule has 0 saturated heterocycles. The number of aryl methyl sites for hydroxylation is 3. The standard InChI is InChI=1S/C20H30N4O2S/c1-13(2)15(21)8-10-23(3)17(25)9-11-24-12-22-19-18(20(24)26)14-6-4-5-7-16(14)27-19/h12-13,15H,4-11,21H2,1-3H3. The third kappa shape index (κ3) is 4.41. The average molecular weight is 391 g/mol. The van der Waals surface area contributed by atoms with Gasteiger partial charge in [-0.05, 0) is 43.6 Å². The third-order valence-electron chi connectivity index (χ3n) is 5.59. The smallest absolute Gasteiger partial charge is 0.262 e. The Morgan fingerprint density at radius 2 is 2.11 bits per heavy atom. The van der Waals surface area contributed by atoms with E-state index in [0.29, 0.717) is 25.4 Å². The molecule has 0 saturated carbocycles. The predicted molar refractivity (Wildman–Crippen MR) is 110 cm³/mol. The molecule has 6 nitrogen and oxygen atoms in total. The average Bonchev–Trinajstić information content (AvgIpc) is 3.04. The molecule has 2 aromatic rings. The van der Waals surface area contributed by atoms with Crippen molar-refractivity contribution in [2.45, 2.75) is 65.0 Å². The molecule has 0 bridgehead atoms. The van der Waals surface area contributed by atoms with Crippen LogP contribution in [-0.2, 0) is 24.2 Å². The van der Waals surface area contributed by atoms with E-state index in [9.17, 15) is 9.59 Å². The fraction of sp³-hybridized carbons (Fsp3) is 0.650. The van der Waals surface area contributed by atoms with Gasteiger partial charge < -0.3 is 10.6 Å². The van der Waals surface area contributed by atoms with Gasteiger partial charge in [0, 0.05) is 37.5 Å². The van der Waals surface area contributed by atoms with Crippen LogP contribution >= 0.6 is 11.3 Å². The molecule has 1 unspecified atom stereocenters. The molecule has 3 rings (SSSR count). The molecule has 1 amide bonds. The fourth-order valence-electron chi connectivity index (χ4n) is 3.55. The highest BCUT2D eigenvalue weighted by Gasteiger charge is 2.20. The van der Waals surface area contributed by atoms with Gasteiger partial charge in [-0.1, -0.05) is 13.8 Å². The van der Waals surface area contributed by atoms with E-state index in [0.717, 1.165) is 35.9 Å². The summed E-state index contributed by atoms with van der Waals surface area (Å²) in [5, 5.41) is 0.779. The molecule has 7 heteroatoms. The number of rotatable bonds is 7. The summed E-state index contributed by atoms with van der Waals surface area (Å²) < 4.78 is 1.59. The van der Waals surface area contributed by atoms with E-state index in [1.54, 1.807) is 34.2 Å². The minimum Gasteiger partial charge on any atom is -0.346 e. The molecular weight excluding hydrogens is 360 g/mol. The number of amides is 1. The summed E-state index contributed by atoms with van der Waals surface area (Å²) in [5.41, 5.74) is 7.25. The van der Waals surface area contributed by atoms with E-state index in [4.69, 9.17) is 5.73 Å². The van der Waals surface area contributed by atoms with Crippen LogP contribution in [0.4, 0.5) is 0 Å². The molecule has 0 radical (unpaired) electrons. The zero-order valence-corrected chi connectivity index (χ0v) is 17.3. The number of nitrogens with two attached hydrogens (primary N) is 1. The van der Waals surface area contributed by atoms with Crippen molar-refractivity contribution in [3.63, 3.8) is 0 Å². The van der Waals surface area contributed by atoms with Gasteiger partial charge in [0.2, 0.25) is 5.91 Å². The number of carbonyl (C=O) groups excluding carboxylic acids is 1. The summed E-state index contributed by atoms with van der Waals surface area (Å²) in [5.74, 6) is 0.437. The number of hydrogen-bond donors (Lipinski definition) is 1. The first-order chi connectivity index (χ1) is 12.9. The molecule has 27 heavy (non-hydrogen) atoms. The first-order valence-electron chi connectivity index (χ1n) is 9.87. The zero-order chi connectivity index (χ0) is 19.6. The van der Waals surface area contributed by atoms with Crippen LogP contribution in [-0.4, -0.2) is 40.0 Å². The van der Waals surface area contributed by atoms with Crippen LogP contribution in [0.3, 0.4) is 0 Å². The molecule has 1 aliphatic carbocycles. The number of aromatic nitrogens is 2. The van der Waals surface area contributed by atoms with Crippen molar-refractivity contribution in [2.75, 3.05) is 13.6 Å². The molecule has 2 N–H and O–H groups in total. The van der Waals surface area contributed by atoms with Crippen LogP contribution in [0, 0.1) is 5.92 Å². The minimum absolute atomic E-state index is 0.00307. The summed E-state index contributed by atoms with van der Waals surface area (Å²) in [6, 6.07) is 0.0965. The lowest BCUT2D eigenvalue weighted by Gasteiger charge is -2.21. The van der Waals surface area contributed by atoms with Crippen LogP contribution in [0.1, 0.15) is 50.0 Å². The van der Waals surface area contributed by atoms with Crippen molar-refractivity contribution in [1.82, 2.24) is 14.5 Å². The lowest BCUT2D eigenvalue weighted by atomic mass is 9.97. The fourth-order valence-corrected chi connectivity index (χ4v) is 4.77. The highest BCUT2D eigenvalue weighted by molar-refractivity contribution is 7.18. The second-order valence-corrected chi connectivity index (χ2v) is 8.98. The number of carbonyl (C=O) groups is 1. The Balaban J connectivity index is 1.66. The van der Waals surface area contributed by atoms with E-state index in [1.165, 1.54) is 16.9 Å². The summed E-state index contributed by atoms with van der Waals surface area (Å²) in [7, 11) is 1.80. The number of hydrogen-bond acceptors (Lipinski definition) is 5. The van der Waals surface area contributed by atoms with E-state index in [1.807, 2.05) is 0 Å². The van der Waals surface area contributed by atoms with Crippen molar-refractivity contribution in [2.24, 2.45) is 11.7 Å². The summed E-state index contributed by atoms with van der Waals surface area (Å²) >= 11 is 1.65. The van der Waals surface area contributed by atoms with Gasteiger partial charge in [0.15, 0.2) is 0 Å². The molecule has 2 heterocycles. The van der Waals surface area contributed by atoms with Crippen molar-refractivity contribution in [3.05, 3.63) is 27.1 Å². The molecule has 0 aromatic carbocycles. The highest BCUT2D eigenvalue weighted by Crippen LogP contribution is 2.33. The Kier molecular flexibility index (Phi) is 6.32. The molecular formula is C20H30N4O2S. The van der Waals surface area contributed by atoms with E-state index in [2.05, 4.69) is 18.8 Å². The van der Waals surface area contributed by atoms with Gasteiger partial charge in [-0.3, -0.25) is 14.2 Å². The maximum absolute atomic E-state index is 12.9. The van der Waals surface area contributed by atoms with Crippen LogP contribution in [0.2, 0.25) is 0 Å². The van der Waals surface area contributed by atoms with E-state index < -0.39 is 0 Å². The molecule has 0 fully saturated rings. The lowest BCUT2D eigenvalue weighted by Crippen LogP contribution is -2.35. The van der Waals surface area contributed by atoms with Gasteiger partial charge >= 0.3 is 0 Å². The van der Waals surface area contributed by atoms with Crippen LogP contribution in [0.5, 0.6) is 0 Å². The number of nitrogens with zero attached hydrogens (tertiary/aromatic N) is 3. The van der Waals surface area contributed by atoms with Gasteiger partial charge in [-0.15, -0.1) is 11.3 Å². The second-order valence-electron chi connectivity index (χ2n) is 7.90. The minimum atomic E-state index is -0.00307. The summed E-state index contributed by atoms with van der Waals surface area (Å²) in [6.45, 7) is 5.19. The molecule has 148 valence electrons. The Bertz CT molecular complexity index is 871. The first-order valence-corrected chi connectivity index (χ1v) is 10.7. The van der Waals surface area contributed by atoms with Gasteiger partial charge in [0.25, 0.3) is 5.56 Å². The SMILES string of the molecule is CC(C)C(N)CCN(C)C(=O)CCn1cnc2sc3c(c2c1=O)CCCC3. The summed E-state index contributed by atoms with van der Waals surface area (Å²) in [6.07, 6.45) is 7.02. The molecule has 0 spiro atoms. The Labute approximate surface area is 164 Å². The van der Waals surface area contributed by atoms with Gasteiger partial charge in [0.1, 0.15) is 4.83 Å².